The van der Waals surface area contributed by atoms with Gasteiger partial charge in [-0.15, -0.1) is 0 Å². The highest BCUT2D eigenvalue weighted by Gasteiger charge is 2.22. The number of anilines is 1. The highest BCUT2D eigenvalue weighted by atomic mass is 79.9. The van der Waals surface area contributed by atoms with Crippen molar-refractivity contribution < 1.29 is 23.7 Å². The molecule has 3 rings (SSSR count). The number of methoxy groups -OCH3 is 1. The zero-order valence-corrected chi connectivity index (χ0v) is 19.3. The molecule has 2 aromatic carbocycles. The third-order valence-electron chi connectivity index (χ3n) is 4.22. The molecule has 0 spiro atoms. The molecule has 166 valence electrons. The lowest BCUT2D eigenvalue weighted by molar-refractivity contribution is -0.386. The van der Waals surface area contributed by atoms with Crippen LogP contribution in [0.25, 0.3) is 12.2 Å². The van der Waals surface area contributed by atoms with Crippen LogP contribution < -0.4 is 14.8 Å². The zero-order chi connectivity index (χ0) is 23.3. The van der Waals surface area contributed by atoms with Gasteiger partial charge in [-0.1, -0.05) is 28.9 Å². The Hall–Kier alpha value is -3.37. The number of nitrogens with one attached hydrogen (secondary N) is 1. The largest absolute Gasteiger partial charge is 0.493 e. The number of aryl methyl sites for hydroxylation is 1. The lowest BCUT2D eigenvalue weighted by atomic mass is 10.1. The van der Waals surface area contributed by atoms with Gasteiger partial charge in [-0.3, -0.25) is 14.9 Å². The van der Waals surface area contributed by atoms with Crippen molar-refractivity contribution in [1.29, 1.82) is 0 Å². The molecule has 1 N–H and O–H groups in total. The number of carbonyl (C=O) groups excluding carboxylic acids is 1. The Morgan fingerprint density at radius 3 is 2.75 bits per heavy atom. The van der Waals surface area contributed by atoms with E-state index >= 15 is 0 Å². The predicted octanol–water partition coefficient (Wildman–Crippen LogP) is 5.50. The van der Waals surface area contributed by atoms with E-state index in [0.717, 1.165) is 4.47 Å². The average Bonchev–Trinajstić information content (AvgIpc) is 3.14. The second-order valence-electron chi connectivity index (χ2n) is 6.45. The number of ether oxygens (including phenoxy) is 2. The topological polar surface area (TPSA) is 117 Å². The minimum atomic E-state index is -0.545. The highest BCUT2D eigenvalue weighted by Crippen LogP contribution is 2.30. The van der Waals surface area contributed by atoms with Crippen LogP contribution in [0.5, 0.6) is 11.5 Å². The summed E-state index contributed by atoms with van der Waals surface area (Å²) in [7, 11) is 1.46. The van der Waals surface area contributed by atoms with E-state index in [1.165, 1.54) is 20.1 Å². The van der Waals surface area contributed by atoms with Crippen molar-refractivity contribution in [2.45, 2.75) is 6.92 Å². The SMILES string of the molecule is COc1cc(/C=C\c2onc(C)c2[N+](=O)[O-])ccc1OCC(=O)Nc1ccc(Br)c(Cl)c1. The van der Waals surface area contributed by atoms with Crippen molar-refractivity contribution in [3.63, 3.8) is 0 Å². The maximum atomic E-state index is 12.2. The van der Waals surface area contributed by atoms with Crippen LogP contribution in [0.1, 0.15) is 17.0 Å². The van der Waals surface area contributed by atoms with Crippen LogP contribution in [-0.2, 0) is 4.79 Å². The molecule has 1 heterocycles. The molecule has 11 heteroatoms. The second kappa shape index (κ2) is 10.3. The molecule has 1 aromatic heterocycles. The summed E-state index contributed by atoms with van der Waals surface area (Å²) >= 11 is 9.31. The molecule has 0 aliphatic carbocycles. The van der Waals surface area contributed by atoms with Crippen molar-refractivity contribution >= 4 is 57.0 Å². The van der Waals surface area contributed by atoms with E-state index in [9.17, 15) is 14.9 Å². The highest BCUT2D eigenvalue weighted by molar-refractivity contribution is 9.10. The third kappa shape index (κ3) is 5.65. The molecule has 3 aromatic rings. The third-order valence-corrected chi connectivity index (χ3v) is 5.45. The number of hydrogen-bond acceptors (Lipinski definition) is 7. The van der Waals surface area contributed by atoms with Crippen LogP contribution >= 0.6 is 27.5 Å². The smallest absolute Gasteiger partial charge is 0.338 e. The summed E-state index contributed by atoms with van der Waals surface area (Å²) in [5.74, 6) is 0.406. The summed E-state index contributed by atoms with van der Waals surface area (Å²) in [6.45, 7) is 1.25. The Labute approximate surface area is 196 Å². The first kappa shape index (κ1) is 23.3. The number of amides is 1. The maximum Gasteiger partial charge on any atom is 0.338 e. The summed E-state index contributed by atoms with van der Waals surface area (Å²) in [6.07, 6.45) is 3.06. The van der Waals surface area contributed by atoms with Gasteiger partial charge in [-0.2, -0.15) is 0 Å². The minimum absolute atomic E-state index is 0.0384. The zero-order valence-electron chi connectivity index (χ0n) is 16.9. The molecule has 0 aliphatic rings. The molecule has 0 aliphatic heterocycles. The van der Waals surface area contributed by atoms with Gasteiger partial charge in [0.2, 0.25) is 5.76 Å². The van der Waals surface area contributed by atoms with Crippen LogP contribution in [0.15, 0.2) is 45.4 Å². The lowest BCUT2D eigenvalue weighted by Gasteiger charge is -2.12. The van der Waals surface area contributed by atoms with Crippen molar-refractivity contribution in [3.8, 4) is 11.5 Å². The number of carbonyl (C=O) groups is 1. The number of halogens is 2. The van der Waals surface area contributed by atoms with Gasteiger partial charge in [0.1, 0.15) is 0 Å². The van der Waals surface area contributed by atoms with E-state index in [2.05, 4.69) is 26.4 Å². The summed E-state index contributed by atoms with van der Waals surface area (Å²) in [5, 5.41) is 17.9. The van der Waals surface area contributed by atoms with E-state index < -0.39 is 4.92 Å². The molecule has 0 atom stereocenters. The van der Waals surface area contributed by atoms with Crippen molar-refractivity contribution in [1.82, 2.24) is 5.16 Å². The summed E-state index contributed by atoms with van der Waals surface area (Å²) in [5.41, 5.74) is 1.22. The monoisotopic (exact) mass is 521 g/mol. The van der Waals surface area contributed by atoms with E-state index in [-0.39, 0.29) is 29.7 Å². The van der Waals surface area contributed by atoms with Crippen LogP contribution in [0.3, 0.4) is 0 Å². The van der Waals surface area contributed by atoms with Gasteiger partial charge in [0.15, 0.2) is 23.8 Å². The average molecular weight is 523 g/mol. The Morgan fingerprint density at radius 1 is 1.28 bits per heavy atom. The Balaban J connectivity index is 1.67. The molecule has 0 saturated carbocycles. The minimum Gasteiger partial charge on any atom is -0.493 e. The van der Waals surface area contributed by atoms with Gasteiger partial charge in [0.25, 0.3) is 5.91 Å². The number of hydrogen-bond donors (Lipinski definition) is 1. The number of nitro groups is 1. The molecule has 0 fully saturated rings. The van der Waals surface area contributed by atoms with Gasteiger partial charge in [-0.05, 0) is 64.8 Å². The van der Waals surface area contributed by atoms with E-state index in [4.69, 9.17) is 25.6 Å². The van der Waals surface area contributed by atoms with Gasteiger partial charge >= 0.3 is 5.69 Å². The van der Waals surface area contributed by atoms with Gasteiger partial charge in [0.05, 0.1) is 17.1 Å². The Morgan fingerprint density at radius 2 is 2.06 bits per heavy atom. The maximum absolute atomic E-state index is 12.2. The molecule has 32 heavy (non-hydrogen) atoms. The standard InChI is InChI=1S/C21H17BrClN3O6/c1-12-21(26(28)29)18(32-25-12)8-4-13-3-7-17(19(9-13)30-2)31-11-20(27)24-14-5-6-15(22)16(23)10-14/h3-10H,11H2,1-2H3,(H,24,27)/b8-4-. The first-order chi connectivity index (χ1) is 15.3. The number of aromatic nitrogens is 1. The molecule has 9 nitrogen and oxygen atoms in total. The molecule has 0 unspecified atom stereocenters. The predicted molar refractivity (Wildman–Crippen MR) is 123 cm³/mol. The van der Waals surface area contributed by atoms with Gasteiger partial charge in [-0.25, -0.2) is 0 Å². The molecular formula is C21H17BrClN3O6. The van der Waals surface area contributed by atoms with Crippen molar-refractivity contribution in [3.05, 3.63) is 73.0 Å². The van der Waals surface area contributed by atoms with Crippen LogP contribution in [0.2, 0.25) is 5.02 Å². The van der Waals surface area contributed by atoms with Crippen LogP contribution in [0.4, 0.5) is 11.4 Å². The first-order valence-corrected chi connectivity index (χ1v) is 10.3. The molecule has 0 bridgehead atoms. The first-order valence-electron chi connectivity index (χ1n) is 9.13. The van der Waals surface area contributed by atoms with Crippen molar-refractivity contribution in [2.24, 2.45) is 0 Å². The second-order valence-corrected chi connectivity index (χ2v) is 7.71. The van der Waals surface area contributed by atoms with Gasteiger partial charge < -0.3 is 19.3 Å². The van der Waals surface area contributed by atoms with E-state index in [1.807, 2.05) is 0 Å². The summed E-state index contributed by atoms with van der Waals surface area (Å²) < 4.78 is 16.6. The van der Waals surface area contributed by atoms with Crippen LogP contribution in [0, 0.1) is 17.0 Å². The molecule has 1 amide bonds. The van der Waals surface area contributed by atoms with Crippen LogP contribution in [-0.4, -0.2) is 29.7 Å². The van der Waals surface area contributed by atoms with Gasteiger partial charge in [0, 0.05) is 10.2 Å². The van der Waals surface area contributed by atoms with Crippen molar-refractivity contribution in [2.75, 3.05) is 19.0 Å². The quantitative estimate of drug-likeness (QED) is 0.306. The Bertz CT molecular complexity index is 1190. The van der Waals surface area contributed by atoms with E-state index in [1.54, 1.807) is 42.5 Å². The fourth-order valence-electron chi connectivity index (χ4n) is 2.71. The van der Waals surface area contributed by atoms with E-state index in [0.29, 0.717) is 27.8 Å². The number of benzene rings is 2. The molecular weight excluding hydrogens is 506 g/mol. The number of rotatable bonds is 8. The molecule has 0 saturated heterocycles. The lowest BCUT2D eigenvalue weighted by Crippen LogP contribution is -2.20. The number of nitrogens with zero attached hydrogens (tertiary/aromatic N) is 2. The fourth-order valence-corrected chi connectivity index (χ4v) is 3.13. The summed E-state index contributed by atoms with van der Waals surface area (Å²) in [6, 6.07) is 10.0. The Kier molecular flexibility index (Phi) is 7.49. The summed E-state index contributed by atoms with van der Waals surface area (Å²) in [4.78, 5) is 22.8. The molecule has 0 radical (unpaired) electrons. The normalized spacial score (nSPS) is 10.9. The fraction of sp³-hybridized carbons (Fsp3) is 0.143.